The number of pyridine rings is 1. The maximum atomic E-state index is 5.50. The van der Waals surface area contributed by atoms with Crippen molar-refractivity contribution in [1.82, 2.24) is 10.3 Å². The highest BCUT2D eigenvalue weighted by Gasteiger charge is 2.23. The van der Waals surface area contributed by atoms with E-state index in [4.69, 9.17) is 19.2 Å². The van der Waals surface area contributed by atoms with Gasteiger partial charge in [-0.05, 0) is 41.3 Å². The van der Waals surface area contributed by atoms with Crippen LogP contribution in [0.15, 0.2) is 48.7 Å². The molecule has 2 aromatic carbocycles. The summed E-state index contributed by atoms with van der Waals surface area (Å²) in [6.07, 6.45) is 1.86. The normalized spacial score (nSPS) is 16.8. The summed E-state index contributed by atoms with van der Waals surface area (Å²) in [4.78, 5) is 7.03. The van der Waals surface area contributed by atoms with E-state index in [-0.39, 0.29) is 6.04 Å². The van der Waals surface area contributed by atoms with Crippen molar-refractivity contribution in [1.29, 1.82) is 0 Å². The first-order valence-corrected chi connectivity index (χ1v) is 9.36. The largest absolute Gasteiger partial charge is 0.497 e. The Balaban J connectivity index is 1.66. The Labute approximate surface area is 165 Å². The van der Waals surface area contributed by atoms with E-state index in [1.54, 1.807) is 21.3 Å². The highest BCUT2D eigenvalue weighted by Crippen LogP contribution is 2.36. The molecule has 1 unspecified atom stereocenters. The lowest BCUT2D eigenvalue weighted by molar-refractivity contribution is 0.356. The number of hydrogen-bond acceptors (Lipinski definition) is 6. The smallest absolute Gasteiger partial charge is 0.161 e. The van der Waals surface area contributed by atoms with Gasteiger partial charge in [0.2, 0.25) is 0 Å². The van der Waals surface area contributed by atoms with Gasteiger partial charge in [-0.25, -0.2) is 4.98 Å². The van der Waals surface area contributed by atoms with Crippen molar-refractivity contribution >= 4 is 16.6 Å². The Bertz CT molecular complexity index is 959. The molecule has 1 aliphatic rings. The number of nitrogens with zero attached hydrogens (tertiary/aromatic N) is 2. The summed E-state index contributed by atoms with van der Waals surface area (Å²) in [5.41, 5.74) is 1.24. The highest BCUT2D eigenvalue weighted by molar-refractivity contribution is 5.94. The maximum absolute atomic E-state index is 5.50. The second-order valence-corrected chi connectivity index (χ2v) is 6.79. The first-order valence-electron chi connectivity index (χ1n) is 9.36. The van der Waals surface area contributed by atoms with E-state index in [2.05, 4.69) is 22.3 Å². The van der Waals surface area contributed by atoms with E-state index in [9.17, 15) is 0 Å². The molecule has 0 spiro atoms. The van der Waals surface area contributed by atoms with Crippen molar-refractivity contribution in [3.05, 3.63) is 54.2 Å². The fraction of sp³-hybridized carbons (Fsp3) is 0.318. The van der Waals surface area contributed by atoms with Gasteiger partial charge in [0.1, 0.15) is 11.6 Å². The van der Waals surface area contributed by atoms with E-state index >= 15 is 0 Å². The summed E-state index contributed by atoms with van der Waals surface area (Å²) in [5, 5.41) is 5.76. The zero-order chi connectivity index (χ0) is 19.5. The molecule has 6 heteroatoms. The standard InChI is InChI=1S/C22H25N3O3/c1-26-17-6-4-15(5-7-17)19-14-25(11-10-23-19)22-18-13-21(28-3)20(27-2)12-16(18)8-9-24-22/h4-9,12-13,19,23H,10-11,14H2,1-3H3. The number of aromatic nitrogens is 1. The molecule has 0 bridgehead atoms. The second kappa shape index (κ2) is 7.94. The van der Waals surface area contributed by atoms with Gasteiger partial charge in [0.15, 0.2) is 11.5 Å². The van der Waals surface area contributed by atoms with Gasteiger partial charge in [-0.2, -0.15) is 0 Å². The molecule has 1 aromatic heterocycles. The van der Waals surface area contributed by atoms with Crippen LogP contribution in [0.2, 0.25) is 0 Å². The molecule has 4 rings (SSSR count). The van der Waals surface area contributed by atoms with Gasteiger partial charge in [-0.15, -0.1) is 0 Å². The Morgan fingerprint density at radius 3 is 2.43 bits per heavy atom. The van der Waals surface area contributed by atoms with E-state index in [0.717, 1.165) is 47.7 Å². The Morgan fingerprint density at radius 1 is 0.964 bits per heavy atom. The molecule has 2 heterocycles. The van der Waals surface area contributed by atoms with Crippen LogP contribution >= 0.6 is 0 Å². The zero-order valence-corrected chi connectivity index (χ0v) is 16.4. The molecule has 1 atom stereocenters. The minimum Gasteiger partial charge on any atom is -0.497 e. The molecule has 1 fully saturated rings. The first kappa shape index (κ1) is 18.4. The van der Waals surface area contributed by atoms with Crippen molar-refractivity contribution in [2.75, 3.05) is 45.9 Å². The van der Waals surface area contributed by atoms with Crippen LogP contribution in [0.4, 0.5) is 5.82 Å². The monoisotopic (exact) mass is 379 g/mol. The SMILES string of the molecule is COc1ccc(C2CN(c3nccc4cc(OC)c(OC)cc34)CCN2)cc1. The van der Waals surface area contributed by atoms with Gasteiger partial charge < -0.3 is 24.4 Å². The van der Waals surface area contributed by atoms with Crippen molar-refractivity contribution in [2.24, 2.45) is 0 Å². The van der Waals surface area contributed by atoms with Gasteiger partial charge in [-0.3, -0.25) is 0 Å². The number of hydrogen-bond donors (Lipinski definition) is 1. The summed E-state index contributed by atoms with van der Waals surface area (Å²) in [7, 11) is 5.00. The molecule has 3 aromatic rings. The predicted octanol–water partition coefficient (Wildman–Crippen LogP) is 3.41. The van der Waals surface area contributed by atoms with Gasteiger partial charge in [0.25, 0.3) is 0 Å². The number of anilines is 1. The third-order valence-corrected chi connectivity index (χ3v) is 5.24. The molecule has 1 aliphatic heterocycles. The molecular formula is C22H25N3O3. The predicted molar refractivity (Wildman–Crippen MR) is 111 cm³/mol. The van der Waals surface area contributed by atoms with Crippen LogP contribution in [-0.4, -0.2) is 45.9 Å². The molecule has 28 heavy (non-hydrogen) atoms. The fourth-order valence-corrected chi connectivity index (χ4v) is 3.74. The van der Waals surface area contributed by atoms with Crippen LogP contribution in [-0.2, 0) is 0 Å². The minimum atomic E-state index is 0.233. The number of fused-ring (bicyclic) bond motifs is 1. The molecular weight excluding hydrogens is 354 g/mol. The van der Waals surface area contributed by atoms with Crippen molar-refractivity contribution in [3.63, 3.8) is 0 Å². The second-order valence-electron chi connectivity index (χ2n) is 6.79. The third kappa shape index (κ3) is 3.43. The number of piperazine rings is 1. The number of ether oxygens (including phenoxy) is 3. The van der Waals surface area contributed by atoms with E-state index < -0.39 is 0 Å². The van der Waals surface area contributed by atoms with Gasteiger partial charge in [-0.1, -0.05) is 12.1 Å². The van der Waals surface area contributed by atoms with Crippen LogP contribution in [0.5, 0.6) is 17.2 Å². The average molecular weight is 379 g/mol. The molecule has 6 nitrogen and oxygen atoms in total. The molecule has 1 saturated heterocycles. The maximum Gasteiger partial charge on any atom is 0.161 e. The number of benzene rings is 2. The van der Waals surface area contributed by atoms with Crippen molar-refractivity contribution < 1.29 is 14.2 Å². The van der Waals surface area contributed by atoms with Crippen LogP contribution in [0.25, 0.3) is 10.8 Å². The summed E-state index contributed by atoms with van der Waals surface area (Å²) in [6.45, 7) is 2.63. The summed E-state index contributed by atoms with van der Waals surface area (Å²) in [5.74, 6) is 3.28. The number of rotatable bonds is 5. The van der Waals surface area contributed by atoms with Crippen molar-refractivity contribution in [2.45, 2.75) is 6.04 Å². The van der Waals surface area contributed by atoms with Crippen molar-refractivity contribution in [3.8, 4) is 17.2 Å². The number of methoxy groups -OCH3 is 3. The third-order valence-electron chi connectivity index (χ3n) is 5.24. The molecule has 1 N–H and O–H groups in total. The summed E-state index contributed by atoms with van der Waals surface area (Å²) in [6, 6.07) is 14.5. The number of nitrogens with one attached hydrogen (secondary N) is 1. The van der Waals surface area contributed by atoms with Gasteiger partial charge >= 0.3 is 0 Å². The topological polar surface area (TPSA) is 55.9 Å². The summed E-state index contributed by atoms with van der Waals surface area (Å²) < 4.78 is 16.2. The fourth-order valence-electron chi connectivity index (χ4n) is 3.74. The van der Waals surface area contributed by atoms with E-state index in [1.165, 1.54) is 5.56 Å². The lowest BCUT2D eigenvalue weighted by Gasteiger charge is -2.35. The summed E-state index contributed by atoms with van der Waals surface area (Å²) >= 11 is 0. The Morgan fingerprint density at radius 2 is 1.71 bits per heavy atom. The molecule has 146 valence electrons. The highest BCUT2D eigenvalue weighted by atomic mass is 16.5. The first-order chi connectivity index (χ1) is 13.7. The average Bonchev–Trinajstić information content (AvgIpc) is 2.77. The van der Waals surface area contributed by atoms with Gasteiger partial charge in [0.05, 0.1) is 21.3 Å². The molecule has 0 radical (unpaired) electrons. The molecule has 0 saturated carbocycles. The van der Waals surface area contributed by atoms with E-state index in [1.807, 2.05) is 36.5 Å². The Hall–Kier alpha value is -2.99. The Kier molecular flexibility index (Phi) is 5.21. The quantitative estimate of drug-likeness (QED) is 0.733. The zero-order valence-electron chi connectivity index (χ0n) is 16.4. The molecule has 0 amide bonds. The van der Waals surface area contributed by atoms with Crippen LogP contribution in [0, 0.1) is 0 Å². The van der Waals surface area contributed by atoms with E-state index in [0.29, 0.717) is 5.75 Å². The lowest BCUT2D eigenvalue weighted by Crippen LogP contribution is -2.46. The minimum absolute atomic E-state index is 0.233. The van der Waals surface area contributed by atoms with Crippen LogP contribution in [0.3, 0.4) is 0 Å². The van der Waals surface area contributed by atoms with Crippen LogP contribution in [0.1, 0.15) is 11.6 Å². The molecule has 0 aliphatic carbocycles. The van der Waals surface area contributed by atoms with Gasteiger partial charge in [0, 0.05) is 37.3 Å². The lowest BCUT2D eigenvalue weighted by atomic mass is 10.0. The van der Waals surface area contributed by atoms with Crippen LogP contribution < -0.4 is 24.4 Å².